The number of nitrogens with zero attached hydrogens (tertiary/aromatic N) is 4. The molecule has 0 saturated carbocycles. The highest BCUT2D eigenvalue weighted by Crippen LogP contribution is 2.36. The quantitative estimate of drug-likeness (QED) is 0.625. The first kappa shape index (κ1) is 17.0. The Labute approximate surface area is 142 Å². The van der Waals surface area contributed by atoms with Gasteiger partial charge < -0.3 is 14.7 Å². The first-order valence-corrected chi connectivity index (χ1v) is 8.80. The van der Waals surface area contributed by atoms with E-state index in [2.05, 4.69) is 11.8 Å². The van der Waals surface area contributed by atoms with Gasteiger partial charge in [-0.2, -0.15) is 0 Å². The molecule has 0 amide bonds. The van der Waals surface area contributed by atoms with Gasteiger partial charge in [-0.1, -0.05) is 6.92 Å². The van der Waals surface area contributed by atoms with E-state index < -0.39 is 10.7 Å². The Morgan fingerprint density at radius 2 is 1.62 bits per heavy atom. The molecule has 1 aromatic rings. The Kier molecular flexibility index (Phi) is 5.18. The predicted octanol–water partition coefficient (Wildman–Crippen LogP) is 2.87. The van der Waals surface area contributed by atoms with Gasteiger partial charge in [-0.3, -0.25) is 10.1 Å². The number of likely N-dealkylation sites (N-methyl/N-ethyl adjacent to an activating group) is 1. The van der Waals surface area contributed by atoms with Crippen molar-refractivity contribution in [2.45, 2.75) is 26.2 Å². The second kappa shape index (κ2) is 7.34. The average molecular weight is 336 g/mol. The van der Waals surface area contributed by atoms with Gasteiger partial charge in [0, 0.05) is 39.3 Å². The van der Waals surface area contributed by atoms with Crippen molar-refractivity contribution >= 4 is 17.1 Å². The van der Waals surface area contributed by atoms with E-state index in [4.69, 9.17) is 0 Å². The summed E-state index contributed by atoms with van der Waals surface area (Å²) in [6.07, 6.45) is 3.20. The Morgan fingerprint density at radius 3 is 2.21 bits per heavy atom. The second-order valence-corrected chi connectivity index (χ2v) is 6.52. The lowest BCUT2D eigenvalue weighted by atomic mass is 10.1. The van der Waals surface area contributed by atoms with Crippen LogP contribution in [0.3, 0.4) is 0 Å². The summed E-state index contributed by atoms with van der Waals surface area (Å²) < 4.78 is 14.5. The van der Waals surface area contributed by atoms with Crippen molar-refractivity contribution in [2.24, 2.45) is 0 Å². The largest absolute Gasteiger partial charge is 0.367 e. The van der Waals surface area contributed by atoms with Gasteiger partial charge in [0.2, 0.25) is 0 Å². The molecule has 0 spiro atoms. The van der Waals surface area contributed by atoms with Crippen LogP contribution in [0, 0.1) is 15.9 Å². The van der Waals surface area contributed by atoms with Crippen molar-refractivity contribution in [1.82, 2.24) is 4.90 Å². The average Bonchev–Trinajstić information content (AvgIpc) is 2.62. The van der Waals surface area contributed by atoms with E-state index in [1.54, 1.807) is 6.07 Å². The molecule has 0 radical (unpaired) electrons. The van der Waals surface area contributed by atoms with E-state index in [1.807, 2.05) is 9.80 Å². The Bertz CT molecular complexity index is 596. The maximum Gasteiger partial charge on any atom is 0.295 e. The zero-order valence-electron chi connectivity index (χ0n) is 14.2. The summed E-state index contributed by atoms with van der Waals surface area (Å²) in [7, 11) is 0. The van der Waals surface area contributed by atoms with Crippen molar-refractivity contribution in [3.05, 3.63) is 28.1 Å². The standard InChI is InChI=1S/C17H25FN4O2/c1-2-19-8-10-21(11-9-19)15-13-16(20-6-4-3-5-7-20)17(22(23)24)12-14(15)18/h12-13H,2-11H2,1H3. The third-order valence-electron chi connectivity index (χ3n) is 5.10. The molecule has 132 valence electrons. The topological polar surface area (TPSA) is 52.9 Å². The number of rotatable bonds is 4. The summed E-state index contributed by atoms with van der Waals surface area (Å²) in [5, 5.41) is 11.4. The van der Waals surface area contributed by atoms with Crippen LogP contribution in [0.1, 0.15) is 26.2 Å². The zero-order valence-corrected chi connectivity index (χ0v) is 14.2. The van der Waals surface area contributed by atoms with E-state index in [0.29, 0.717) is 11.4 Å². The lowest BCUT2D eigenvalue weighted by Gasteiger charge is -2.36. The van der Waals surface area contributed by atoms with Crippen LogP contribution in [0.5, 0.6) is 0 Å². The normalized spacial score (nSPS) is 19.6. The van der Waals surface area contributed by atoms with Gasteiger partial charge in [-0.25, -0.2) is 4.39 Å². The Hall–Kier alpha value is -1.89. The number of benzene rings is 1. The summed E-state index contributed by atoms with van der Waals surface area (Å²) >= 11 is 0. The summed E-state index contributed by atoms with van der Waals surface area (Å²) in [4.78, 5) is 17.3. The van der Waals surface area contributed by atoms with Gasteiger partial charge in [-0.05, 0) is 31.9 Å². The first-order chi connectivity index (χ1) is 11.6. The van der Waals surface area contributed by atoms with E-state index in [9.17, 15) is 14.5 Å². The molecule has 2 fully saturated rings. The number of nitro groups is 1. The van der Waals surface area contributed by atoms with Crippen LogP contribution in [-0.4, -0.2) is 55.6 Å². The predicted molar refractivity (Wildman–Crippen MR) is 93.4 cm³/mol. The Morgan fingerprint density at radius 1 is 1.00 bits per heavy atom. The summed E-state index contributed by atoms with van der Waals surface area (Å²) in [5.74, 6) is -0.493. The molecular weight excluding hydrogens is 311 g/mol. The van der Waals surface area contributed by atoms with Crippen molar-refractivity contribution < 1.29 is 9.31 Å². The molecular formula is C17H25FN4O2. The molecule has 2 heterocycles. The number of halogens is 1. The van der Waals surface area contributed by atoms with Gasteiger partial charge in [0.25, 0.3) is 5.69 Å². The number of hydrogen-bond acceptors (Lipinski definition) is 5. The molecule has 7 heteroatoms. The molecule has 0 unspecified atom stereocenters. The number of hydrogen-bond donors (Lipinski definition) is 0. The number of piperazine rings is 1. The van der Waals surface area contributed by atoms with Crippen molar-refractivity contribution in [2.75, 3.05) is 55.6 Å². The number of piperidine rings is 1. The van der Waals surface area contributed by atoms with Crippen LogP contribution >= 0.6 is 0 Å². The minimum Gasteiger partial charge on any atom is -0.367 e. The van der Waals surface area contributed by atoms with Crippen molar-refractivity contribution in [3.8, 4) is 0 Å². The summed E-state index contributed by atoms with van der Waals surface area (Å²) in [6, 6.07) is 2.80. The fraction of sp³-hybridized carbons (Fsp3) is 0.647. The molecule has 0 N–H and O–H groups in total. The van der Waals surface area contributed by atoms with E-state index >= 15 is 0 Å². The SMILES string of the molecule is CCN1CCN(c2cc(N3CCCCC3)c([N+](=O)[O-])cc2F)CC1. The van der Waals surface area contributed by atoms with E-state index in [1.165, 1.54) is 0 Å². The zero-order chi connectivity index (χ0) is 17.1. The molecule has 1 aromatic carbocycles. The summed E-state index contributed by atoms with van der Waals surface area (Å²) in [5.41, 5.74) is 0.941. The molecule has 6 nitrogen and oxygen atoms in total. The van der Waals surface area contributed by atoms with Gasteiger partial charge in [0.05, 0.1) is 16.7 Å². The van der Waals surface area contributed by atoms with Crippen LogP contribution in [0.15, 0.2) is 12.1 Å². The molecule has 0 atom stereocenters. The fourth-order valence-corrected chi connectivity index (χ4v) is 3.62. The third kappa shape index (κ3) is 3.45. The highest BCUT2D eigenvalue weighted by Gasteiger charge is 2.27. The third-order valence-corrected chi connectivity index (χ3v) is 5.10. The highest BCUT2D eigenvalue weighted by molar-refractivity contribution is 5.71. The van der Waals surface area contributed by atoms with Crippen molar-refractivity contribution in [1.29, 1.82) is 0 Å². The fourth-order valence-electron chi connectivity index (χ4n) is 3.62. The van der Waals surface area contributed by atoms with Crippen LogP contribution in [0.25, 0.3) is 0 Å². The molecule has 2 saturated heterocycles. The first-order valence-electron chi connectivity index (χ1n) is 8.80. The van der Waals surface area contributed by atoms with Crippen LogP contribution < -0.4 is 9.80 Å². The van der Waals surface area contributed by atoms with Gasteiger partial charge in [-0.15, -0.1) is 0 Å². The number of nitro benzene ring substituents is 1. The van der Waals surface area contributed by atoms with Crippen LogP contribution in [0.4, 0.5) is 21.5 Å². The minimum atomic E-state index is -0.493. The Balaban J connectivity index is 1.91. The molecule has 2 aliphatic heterocycles. The molecule has 24 heavy (non-hydrogen) atoms. The van der Waals surface area contributed by atoms with Crippen LogP contribution in [-0.2, 0) is 0 Å². The van der Waals surface area contributed by atoms with Crippen LogP contribution in [0.2, 0.25) is 0 Å². The maximum absolute atomic E-state index is 14.5. The van der Waals surface area contributed by atoms with Gasteiger partial charge >= 0.3 is 0 Å². The molecule has 3 rings (SSSR count). The van der Waals surface area contributed by atoms with Gasteiger partial charge in [0.1, 0.15) is 5.69 Å². The lowest BCUT2D eigenvalue weighted by Crippen LogP contribution is -2.46. The second-order valence-electron chi connectivity index (χ2n) is 6.52. The minimum absolute atomic E-state index is 0.120. The molecule has 0 aliphatic carbocycles. The van der Waals surface area contributed by atoms with Crippen molar-refractivity contribution in [3.63, 3.8) is 0 Å². The smallest absolute Gasteiger partial charge is 0.295 e. The van der Waals surface area contributed by atoms with Gasteiger partial charge in [0.15, 0.2) is 5.82 Å². The highest BCUT2D eigenvalue weighted by atomic mass is 19.1. The monoisotopic (exact) mass is 336 g/mol. The molecule has 2 aliphatic rings. The maximum atomic E-state index is 14.5. The number of anilines is 2. The summed E-state index contributed by atoms with van der Waals surface area (Å²) in [6.45, 7) is 8.01. The molecule has 0 bridgehead atoms. The molecule has 0 aromatic heterocycles. The van der Waals surface area contributed by atoms with E-state index in [0.717, 1.165) is 71.1 Å². The lowest BCUT2D eigenvalue weighted by molar-refractivity contribution is -0.384. The van der Waals surface area contributed by atoms with E-state index in [-0.39, 0.29) is 5.69 Å².